The molecule has 1 heterocycles. The second kappa shape index (κ2) is 9.67. The van der Waals surface area contributed by atoms with E-state index in [1.807, 2.05) is 60.7 Å². The van der Waals surface area contributed by atoms with Gasteiger partial charge in [-0.15, -0.1) is 0 Å². The summed E-state index contributed by atoms with van der Waals surface area (Å²) in [7, 11) is 2.86. The van der Waals surface area contributed by atoms with Crippen molar-refractivity contribution in [2.24, 2.45) is 5.92 Å². The van der Waals surface area contributed by atoms with Gasteiger partial charge in [-0.1, -0.05) is 74.0 Å². The number of rotatable bonds is 7. The van der Waals surface area contributed by atoms with Gasteiger partial charge in [-0.25, -0.2) is 4.79 Å². The van der Waals surface area contributed by atoms with Gasteiger partial charge in [0.15, 0.2) is 5.41 Å². The third kappa shape index (κ3) is 3.83. The van der Waals surface area contributed by atoms with Crippen LogP contribution in [0.25, 0.3) is 5.57 Å². The Morgan fingerprint density at radius 2 is 1.59 bits per heavy atom. The predicted octanol–water partition coefficient (Wildman–Crippen LogP) is 4.91. The van der Waals surface area contributed by atoms with E-state index in [9.17, 15) is 14.4 Å². The Hall–Kier alpha value is -3.67. The average Bonchev–Trinajstić information content (AvgIpc) is 2.87. The molecule has 6 nitrogen and oxygen atoms in total. The number of carbonyl (C=O) groups is 3. The van der Waals surface area contributed by atoms with Gasteiger partial charge in [-0.3, -0.25) is 19.4 Å². The second-order valence-electron chi connectivity index (χ2n) is 8.81. The minimum atomic E-state index is -1.56. The van der Waals surface area contributed by atoms with Crippen LogP contribution in [0.2, 0.25) is 0 Å². The first kappa shape index (κ1) is 23.5. The van der Waals surface area contributed by atoms with Gasteiger partial charge in [0.2, 0.25) is 0 Å². The van der Waals surface area contributed by atoms with Crippen LogP contribution in [-0.2, 0) is 26.3 Å². The summed E-state index contributed by atoms with van der Waals surface area (Å²) in [6, 6.07) is 16.7. The molecular formula is C28H30N2O4. The fraction of sp³-hybridized carbons (Fsp3) is 0.321. The first-order chi connectivity index (χ1) is 16.4. The molecular weight excluding hydrogens is 428 g/mol. The van der Waals surface area contributed by atoms with Gasteiger partial charge in [0.25, 0.3) is 11.8 Å². The fourth-order valence-corrected chi connectivity index (χ4v) is 4.90. The van der Waals surface area contributed by atoms with Crippen molar-refractivity contribution in [3.8, 4) is 0 Å². The van der Waals surface area contributed by atoms with Crippen LogP contribution >= 0.6 is 0 Å². The Balaban J connectivity index is 1.80. The molecule has 2 aliphatic rings. The number of barbiturate groups is 1. The largest absolute Gasteiger partial charge is 0.497 e. The highest BCUT2D eigenvalue weighted by Crippen LogP contribution is 2.48. The van der Waals surface area contributed by atoms with Crippen molar-refractivity contribution >= 4 is 23.4 Å². The van der Waals surface area contributed by atoms with Crippen LogP contribution in [0.1, 0.15) is 42.9 Å². The maximum atomic E-state index is 13.8. The third-order valence-corrected chi connectivity index (χ3v) is 6.71. The Kier molecular flexibility index (Phi) is 6.68. The number of urea groups is 1. The molecule has 1 saturated heterocycles. The Labute approximate surface area is 200 Å². The van der Waals surface area contributed by atoms with Gasteiger partial charge in [0.1, 0.15) is 6.61 Å². The number of allylic oxidation sites excluding steroid dienone is 3. The summed E-state index contributed by atoms with van der Waals surface area (Å²) in [4.78, 5) is 42.2. The van der Waals surface area contributed by atoms with Gasteiger partial charge in [0, 0.05) is 20.0 Å². The molecule has 1 spiro atoms. The monoisotopic (exact) mass is 458 g/mol. The molecule has 1 atom stereocenters. The maximum absolute atomic E-state index is 13.8. The topological polar surface area (TPSA) is 66.9 Å². The molecule has 176 valence electrons. The van der Waals surface area contributed by atoms with E-state index in [0.29, 0.717) is 12.2 Å². The summed E-state index contributed by atoms with van der Waals surface area (Å²) in [5.41, 5.74) is 2.09. The Morgan fingerprint density at radius 1 is 0.941 bits per heavy atom. The standard InChI is InChI=1S/C28H30N2O4/c1-4-5-13-21-18-22(16-17-34-19-20-11-7-6-8-12-20)28(24-15-10-9-14-23(21)24)25(31)29(2)27(33)30(3)26(28)32/h6-12,14-18,22H,4-5,13,19H2,1-3H3/b17-16+. The summed E-state index contributed by atoms with van der Waals surface area (Å²) in [6.07, 6.45) is 8.22. The summed E-state index contributed by atoms with van der Waals surface area (Å²) in [6.45, 7) is 2.51. The fourth-order valence-electron chi connectivity index (χ4n) is 4.90. The molecule has 2 aromatic carbocycles. The minimum Gasteiger partial charge on any atom is -0.497 e. The summed E-state index contributed by atoms with van der Waals surface area (Å²) in [5.74, 6) is -1.63. The Bertz CT molecular complexity index is 1130. The summed E-state index contributed by atoms with van der Waals surface area (Å²) < 4.78 is 5.78. The lowest BCUT2D eigenvalue weighted by atomic mass is 9.61. The molecule has 1 fully saturated rings. The molecule has 1 unspecified atom stereocenters. The van der Waals surface area contributed by atoms with E-state index in [1.165, 1.54) is 14.1 Å². The van der Waals surface area contributed by atoms with E-state index in [1.54, 1.807) is 12.3 Å². The van der Waals surface area contributed by atoms with Crippen molar-refractivity contribution in [2.75, 3.05) is 14.1 Å². The van der Waals surface area contributed by atoms with Crippen LogP contribution in [-0.4, -0.2) is 41.7 Å². The van der Waals surface area contributed by atoms with Crippen LogP contribution in [0.15, 0.2) is 73.0 Å². The van der Waals surface area contributed by atoms with Crippen LogP contribution in [0, 0.1) is 5.92 Å². The van der Waals surface area contributed by atoms with E-state index in [-0.39, 0.29) is 0 Å². The van der Waals surface area contributed by atoms with Crippen molar-refractivity contribution < 1.29 is 19.1 Å². The normalized spacial score (nSPS) is 19.6. The summed E-state index contributed by atoms with van der Waals surface area (Å²) in [5, 5.41) is 0. The number of benzene rings is 2. The highest BCUT2D eigenvalue weighted by Gasteiger charge is 2.61. The second-order valence-corrected chi connectivity index (χ2v) is 8.81. The highest BCUT2D eigenvalue weighted by molar-refractivity contribution is 6.24. The zero-order valence-corrected chi connectivity index (χ0v) is 19.9. The van der Waals surface area contributed by atoms with Crippen molar-refractivity contribution in [3.05, 3.63) is 89.7 Å². The quantitative estimate of drug-likeness (QED) is 0.437. The van der Waals surface area contributed by atoms with Crippen molar-refractivity contribution in [1.29, 1.82) is 0 Å². The number of amides is 4. The zero-order chi connectivity index (χ0) is 24.3. The van der Waals surface area contributed by atoms with Gasteiger partial charge in [0.05, 0.1) is 6.26 Å². The molecule has 4 rings (SSSR count). The molecule has 0 N–H and O–H groups in total. The first-order valence-electron chi connectivity index (χ1n) is 11.7. The lowest BCUT2D eigenvalue weighted by molar-refractivity contribution is -0.152. The van der Waals surface area contributed by atoms with Crippen molar-refractivity contribution in [3.63, 3.8) is 0 Å². The Morgan fingerprint density at radius 3 is 2.26 bits per heavy atom. The van der Waals surface area contributed by atoms with Crippen LogP contribution in [0.3, 0.4) is 0 Å². The predicted molar refractivity (Wildman–Crippen MR) is 130 cm³/mol. The number of fused-ring (bicyclic) bond motifs is 2. The first-order valence-corrected chi connectivity index (χ1v) is 11.7. The van der Waals surface area contributed by atoms with Gasteiger partial charge < -0.3 is 4.74 Å². The molecule has 4 amide bonds. The minimum absolute atomic E-state index is 0.375. The van der Waals surface area contributed by atoms with Crippen molar-refractivity contribution in [1.82, 2.24) is 9.80 Å². The number of hydrogen-bond donors (Lipinski definition) is 0. The molecule has 34 heavy (non-hydrogen) atoms. The van der Waals surface area contributed by atoms with Crippen LogP contribution in [0.4, 0.5) is 4.79 Å². The van der Waals surface area contributed by atoms with E-state index < -0.39 is 29.2 Å². The summed E-state index contributed by atoms with van der Waals surface area (Å²) >= 11 is 0. The van der Waals surface area contributed by atoms with Crippen LogP contribution in [0.5, 0.6) is 0 Å². The number of ether oxygens (including phenoxy) is 1. The molecule has 1 aliphatic carbocycles. The molecule has 0 bridgehead atoms. The lowest BCUT2D eigenvalue weighted by Gasteiger charge is -2.47. The lowest BCUT2D eigenvalue weighted by Crippen LogP contribution is -2.68. The smallest absolute Gasteiger partial charge is 0.332 e. The van der Waals surface area contributed by atoms with Gasteiger partial charge in [-0.05, 0) is 41.2 Å². The van der Waals surface area contributed by atoms with E-state index >= 15 is 0 Å². The zero-order valence-electron chi connectivity index (χ0n) is 19.9. The SMILES string of the molecule is CCCCC1=CC(/C=C/OCc2ccccc2)C2(C(=O)N(C)C(=O)N(C)C2=O)c2ccccc21. The number of likely N-dealkylation sites (N-methyl/N-ethyl adjacent to an activating group) is 2. The van der Waals surface area contributed by atoms with E-state index in [2.05, 4.69) is 6.92 Å². The molecule has 0 aromatic heterocycles. The van der Waals surface area contributed by atoms with E-state index in [0.717, 1.165) is 45.8 Å². The number of nitrogens with zero attached hydrogens (tertiary/aromatic N) is 2. The average molecular weight is 459 g/mol. The number of hydrogen-bond acceptors (Lipinski definition) is 4. The molecule has 1 aliphatic heterocycles. The molecule has 0 saturated carbocycles. The highest BCUT2D eigenvalue weighted by atomic mass is 16.5. The molecule has 0 radical (unpaired) electrons. The van der Waals surface area contributed by atoms with Crippen molar-refractivity contribution in [2.45, 2.75) is 38.2 Å². The number of carbonyl (C=O) groups excluding carboxylic acids is 3. The molecule has 6 heteroatoms. The number of imide groups is 2. The van der Waals surface area contributed by atoms with Crippen LogP contribution < -0.4 is 0 Å². The third-order valence-electron chi connectivity index (χ3n) is 6.71. The molecule has 2 aromatic rings. The van der Waals surface area contributed by atoms with Gasteiger partial charge in [-0.2, -0.15) is 0 Å². The number of unbranched alkanes of at least 4 members (excludes halogenated alkanes) is 1. The van der Waals surface area contributed by atoms with E-state index in [4.69, 9.17) is 4.74 Å². The maximum Gasteiger partial charge on any atom is 0.332 e. The van der Waals surface area contributed by atoms with Gasteiger partial charge >= 0.3 is 6.03 Å².